The maximum Gasteiger partial charge on any atom is 0.407 e. The lowest BCUT2D eigenvalue weighted by Crippen LogP contribution is -2.38. The number of ether oxygens (including phenoxy) is 1. The first-order chi connectivity index (χ1) is 11.3. The van der Waals surface area contributed by atoms with Crippen molar-refractivity contribution in [3.05, 3.63) is 23.3 Å². The molecule has 0 aromatic heterocycles. The van der Waals surface area contributed by atoms with Gasteiger partial charge in [0.25, 0.3) is 0 Å². The van der Waals surface area contributed by atoms with Crippen LogP contribution in [-0.4, -0.2) is 18.7 Å². The molecule has 3 nitrogen and oxygen atoms in total. The molecule has 1 aliphatic rings. The number of amides is 1. The van der Waals surface area contributed by atoms with E-state index in [2.05, 4.69) is 59.0 Å². The normalized spacial score (nSPS) is 24.6. The summed E-state index contributed by atoms with van der Waals surface area (Å²) < 4.78 is 5.74. The second kappa shape index (κ2) is 10.6. The van der Waals surface area contributed by atoms with Gasteiger partial charge in [0.1, 0.15) is 6.10 Å². The molecule has 0 aromatic carbocycles. The highest BCUT2D eigenvalue weighted by Crippen LogP contribution is 2.35. The highest BCUT2D eigenvalue weighted by atomic mass is 16.6. The van der Waals surface area contributed by atoms with Crippen LogP contribution in [0.3, 0.4) is 0 Å². The number of alkyl carbamates (subject to hydrolysis) is 1. The Morgan fingerprint density at radius 1 is 1.21 bits per heavy atom. The van der Waals surface area contributed by atoms with Gasteiger partial charge in [-0.3, -0.25) is 0 Å². The molecule has 1 aliphatic carbocycles. The Morgan fingerprint density at radius 3 is 2.54 bits per heavy atom. The molecule has 3 unspecified atom stereocenters. The SMILES string of the molecule is CC(C)=CCCC(C)=CCNC(=O)OC1CC(C)CCC1C(C)C. The molecular formula is C21H37NO2. The Morgan fingerprint density at radius 2 is 1.92 bits per heavy atom. The summed E-state index contributed by atoms with van der Waals surface area (Å²) in [7, 11) is 0. The third-order valence-corrected chi connectivity index (χ3v) is 5.01. The van der Waals surface area contributed by atoms with E-state index >= 15 is 0 Å². The molecule has 138 valence electrons. The highest BCUT2D eigenvalue weighted by molar-refractivity contribution is 5.67. The summed E-state index contributed by atoms with van der Waals surface area (Å²) in [4.78, 5) is 12.1. The van der Waals surface area contributed by atoms with Crippen molar-refractivity contribution in [1.29, 1.82) is 0 Å². The Labute approximate surface area is 148 Å². The van der Waals surface area contributed by atoms with E-state index in [0.29, 0.717) is 24.3 Å². The molecule has 0 radical (unpaired) electrons. The summed E-state index contributed by atoms with van der Waals surface area (Å²) in [5.41, 5.74) is 2.66. The zero-order valence-electron chi connectivity index (χ0n) is 16.5. The zero-order valence-corrected chi connectivity index (χ0v) is 16.5. The van der Waals surface area contributed by atoms with Gasteiger partial charge in [-0.15, -0.1) is 0 Å². The van der Waals surface area contributed by atoms with Gasteiger partial charge in [0.15, 0.2) is 0 Å². The van der Waals surface area contributed by atoms with Gasteiger partial charge < -0.3 is 10.1 Å². The van der Waals surface area contributed by atoms with Crippen LogP contribution in [0.15, 0.2) is 23.3 Å². The molecule has 3 atom stereocenters. The number of rotatable bonds is 7. The average molecular weight is 336 g/mol. The third kappa shape index (κ3) is 8.03. The van der Waals surface area contributed by atoms with E-state index < -0.39 is 0 Å². The van der Waals surface area contributed by atoms with Crippen molar-refractivity contribution in [2.24, 2.45) is 17.8 Å². The number of carbonyl (C=O) groups is 1. The van der Waals surface area contributed by atoms with Crippen molar-refractivity contribution < 1.29 is 9.53 Å². The van der Waals surface area contributed by atoms with Gasteiger partial charge in [-0.1, -0.05) is 50.5 Å². The van der Waals surface area contributed by atoms with Gasteiger partial charge >= 0.3 is 6.09 Å². The van der Waals surface area contributed by atoms with Crippen LogP contribution >= 0.6 is 0 Å². The molecule has 1 fully saturated rings. The van der Waals surface area contributed by atoms with Crippen LogP contribution in [0.1, 0.15) is 73.6 Å². The number of carbonyl (C=O) groups excluding carboxylic acids is 1. The number of allylic oxidation sites excluding steroid dienone is 3. The minimum Gasteiger partial charge on any atom is -0.446 e. The van der Waals surface area contributed by atoms with E-state index in [1.54, 1.807) is 0 Å². The van der Waals surface area contributed by atoms with Crippen molar-refractivity contribution in [3.63, 3.8) is 0 Å². The maximum absolute atomic E-state index is 12.1. The summed E-state index contributed by atoms with van der Waals surface area (Å²) in [5.74, 6) is 1.70. The van der Waals surface area contributed by atoms with E-state index in [4.69, 9.17) is 4.74 Å². The lowest BCUT2D eigenvalue weighted by Gasteiger charge is -2.36. The van der Waals surface area contributed by atoms with Crippen LogP contribution in [0.25, 0.3) is 0 Å². The molecule has 1 rings (SSSR count). The average Bonchev–Trinajstić information content (AvgIpc) is 2.46. The van der Waals surface area contributed by atoms with Gasteiger partial charge in [-0.05, 0) is 64.2 Å². The fraction of sp³-hybridized carbons (Fsp3) is 0.762. The molecule has 0 heterocycles. The van der Waals surface area contributed by atoms with Gasteiger partial charge in [0.2, 0.25) is 0 Å². The first kappa shape index (κ1) is 20.8. The lowest BCUT2D eigenvalue weighted by molar-refractivity contribution is 0.00660. The van der Waals surface area contributed by atoms with Crippen molar-refractivity contribution in [2.75, 3.05) is 6.54 Å². The topological polar surface area (TPSA) is 38.3 Å². The van der Waals surface area contributed by atoms with Gasteiger partial charge in [0.05, 0.1) is 0 Å². The van der Waals surface area contributed by atoms with E-state index in [1.807, 2.05) is 0 Å². The third-order valence-electron chi connectivity index (χ3n) is 5.01. The maximum atomic E-state index is 12.1. The molecule has 3 heteroatoms. The Balaban J connectivity index is 2.37. The minimum absolute atomic E-state index is 0.0662. The number of hydrogen-bond donors (Lipinski definition) is 1. The summed E-state index contributed by atoms with van der Waals surface area (Å²) in [6.45, 7) is 13.6. The van der Waals surface area contributed by atoms with Gasteiger partial charge in [0, 0.05) is 6.54 Å². The van der Waals surface area contributed by atoms with E-state index in [1.165, 1.54) is 24.0 Å². The molecular weight excluding hydrogens is 298 g/mol. The van der Waals surface area contributed by atoms with Crippen molar-refractivity contribution in [2.45, 2.75) is 79.8 Å². The molecule has 1 N–H and O–H groups in total. The number of nitrogens with one attached hydrogen (secondary N) is 1. The van der Waals surface area contributed by atoms with Crippen LogP contribution in [0.2, 0.25) is 0 Å². The predicted molar refractivity (Wildman–Crippen MR) is 102 cm³/mol. The van der Waals surface area contributed by atoms with Crippen molar-refractivity contribution >= 4 is 6.09 Å². The quantitative estimate of drug-likeness (QED) is 0.591. The number of hydrogen-bond acceptors (Lipinski definition) is 2. The zero-order chi connectivity index (χ0) is 18.1. The molecule has 0 aromatic rings. The van der Waals surface area contributed by atoms with E-state index in [9.17, 15) is 4.79 Å². The van der Waals surface area contributed by atoms with Gasteiger partial charge in [-0.25, -0.2) is 4.79 Å². The summed E-state index contributed by atoms with van der Waals surface area (Å²) in [5, 5.41) is 2.88. The van der Waals surface area contributed by atoms with Gasteiger partial charge in [-0.2, -0.15) is 0 Å². The van der Waals surface area contributed by atoms with E-state index in [0.717, 1.165) is 19.3 Å². The van der Waals surface area contributed by atoms with Crippen molar-refractivity contribution in [1.82, 2.24) is 5.32 Å². The predicted octanol–water partition coefficient (Wildman–Crippen LogP) is 5.87. The standard InChI is InChI=1S/C21H37NO2/c1-15(2)8-7-9-17(5)12-13-22-21(23)24-20-14-18(6)10-11-19(20)16(3)4/h8,12,16,18-20H,7,9-11,13-14H2,1-6H3,(H,22,23). The van der Waals surface area contributed by atoms with Crippen LogP contribution in [0.4, 0.5) is 4.79 Å². The summed E-state index contributed by atoms with van der Waals surface area (Å²) in [6.07, 6.45) is 9.64. The first-order valence-electron chi connectivity index (χ1n) is 9.53. The molecule has 0 saturated heterocycles. The van der Waals surface area contributed by atoms with Crippen LogP contribution in [-0.2, 0) is 4.74 Å². The highest BCUT2D eigenvalue weighted by Gasteiger charge is 2.33. The van der Waals surface area contributed by atoms with Crippen molar-refractivity contribution in [3.8, 4) is 0 Å². The smallest absolute Gasteiger partial charge is 0.407 e. The fourth-order valence-electron chi connectivity index (χ4n) is 3.43. The molecule has 24 heavy (non-hydrogen) atoms. The second-order valence-electron chi connectivity index (χ2n) is 8.02. The summed E-state index contributed by atoms with van der Waals surface area (Å²) >= 11 is 0. The molecule has 1 saturated carbocycles. The molecule has 0 spiro atoms. The van der Waals surface area contributed by atoms with E-state index in [-0.39, 0.29) is 12.2 Å². The van der Waals surface area contributed by atoms with Crippen LogP contribution in [0.5, 0.6) is 0 Å². The molecule has 1 amide bonds. The monoisotopic (exact) mass is 335 g/mol. The largest absolute Gasteiger partial charge is 0.446 e. The van der Waals surface area contributed by atoms with Crippen LogP contribution in [0, 0.1) is 17.8 Å². The molecule has 0 bridgehead atoms. The summed E-state index contributed by atoms with van der Waals surface area (Å²) in [6, 6.07) is 0. The Hall–Kier alpha value is -1.25. The lowest BCUT2D eigenvalue weighted by atomic mass is 9.75. The minimum atomic E-state index is -0.270. The Bertz CT molecular complexity index is 447. The fourth-order valence-corrected chi connectivity index (χ4v) is 3.43. The second-order valence-corrected chi connectivity index (χ2v) is 8.02. The first-order valence-corrected chi connectivity index (χ1v) is 9.53. The Kier molecular flexibility index (Phi) is 9.17. The molecule has 0 aliphatic heterocycles. The van der Waals surface area contributed by atoms with Crippen LogP contribution < -0.4 is 5.32 Å².